The van der Waals surface area contributed by atoms with Gasteiger partial charge in [0.25, 0.3) is 0 Å². The molecule has 0 aromatic heterocycles. The van der Waals surface area contributed by atoms with Crippen LogP contribution in [-0.2, 0) is 14.3 Å². The van der Waals surface area contributed by atoms with E-state index in [1.807, 2.05) is 0 Å². The number of ketones is 1. The van der Waals surface area contributed by atoms with Crippen LogP contribution >= 0.6 is 0 Å². The summed E-state index contributed by atoms with van der Waals surface area (Å²) in [6.07, 6.45) is 0.0715. The van der Waals surface area contributed by atoms with Crippen molar-refractivity contribution in [3.05, 3.63) is 42.0 Å². The van der Waals surface area contributed by atoms with Gasteiger partial charge < -0.3 is 19.5 Å². The molecular formula is C21H18N2O6. The Morgan fingerprint density at radius 1 is 1.17 bits per heavy atom. The second-order valence-corrected chi connectivity index (χ2v) is 6.19. The molecular weight excluding hydrogens is 376 g/mol. The number of carbonyl (C=O) groups excluding carboxylic acids is 3. The van der Waals surface area contributed by atoms with Crippen molar-refractivity contribution >= 4 is 23.3 Å². The van der Waals surface area contributed by atoms with Gasteiger partial charge in [-0.3, -0.25) is 9.59 Å². The Morgan fingerprint density at radius 2 is 1.93 bits per heavy atom. The molecule has 0 radical (unpaired) electrons. The van der Waals surface area contributed by atoms with Gasteiger partial charge in [0.15, 0.2) is 23.2 Å². The lowest BCUT2D eigenvalue weighted by Gasteiger charge is -2.13. The van der Waals surface area contributed by atoms with E-state index in [0.29, 0.717) is 22.6 Å². The number of rotatable bonds is 6. The highest BCUT2D eigenvalue weighted by Crippen LogP contribution is 2.37. The van der Waals surface area contributed by atoms with E-state index in [-0.39, 0.29) is 24.5 Å². The van der Waals surface area contributed by atoms with Crippen LogP contribution in [0.1, 0.15) is 23.7 Å². The maximum atomic E-state index is 12.3. The predicted molar refractivity (Wildman–Crippen MR) is 102 cm³/mol. The maximum Gasteiger partial charge on any atom is 0.338 e. The highest BCUT2D eigenvalue weighted by atomic mass is 16.7. The number of nitrogens with one attached hydrogen (secondary N) is 1. The Balaban J connectivity index is 1.95. The maximum absolute atomic E-state index is 12.3. The van der Waals surface area contributed by atoms with Gasteiger partial charge in [0, 0.05) is 12.1 Å². The SMILES string of the molecule is CCC(=O)C(C#N)C(=O)Nc1ccc(-c2ccc3c(c2)OCO3)c(C(=O)OC)c1. The second kappa shape index (κ2) is 8.44. The number of benzene rings is 2. The van der Waals surface area contributed by atoms with Crippen molar-refractivity contribution in [3.8, 4) is 28.7 Å². The Bertz CT molecular complexity index is 1020. The molecule has 148 valence electrons. The van der Waals surface area contributed by atoms with Crippen molar-refractivity contribution in [2.24, 2.45) is 5.92 Å². The molecule has 0 aliphatic carbocycles. The third kappa shape index (κ3) is 4.04. The Hall–Kier alpha value is -3.86. The largest absolute Gasteiger partial charge is 0.465 e. The molecule has 0 spiro atoms. The number of hydrogen-bond donors (Lipinski definition) is 1. The van der Waals surface area contributed by atoms with Gasteiger partial charge >= 0.3 is 5.97 Å². The molecule has 1 atom stereocenters. The molecule has 0 saturated carbocycles. The number of anilines is 1. The zero-order valence-electron chi connectivity index (χ0n) is 15.9. The highest BCUT2D eigenvalue weighted by molar-refractivity contribution is 6.10. The van der Waals surface area contributed by atoms with Crippen LogP contribution in [-0.4, -0.2) is 31.6 Å². The minimum absolute atomic E-state index is 0.0715. The standard InChI is InChI=1S/C21H18N2O6/c1-3-17(24)16(10-22)20(25)23-13-5-6-14(15(9-13)21(26)27-2)12-4-7-18-19(8-12)29-11-28-18/h4-9,16H,3,11H2,1-2H3,(H,23,25). The van der Waals surface area contributed by atoms with E-state index in [4.69, 9.17) is 19.5 Å². The molecule has 29 heavy (non-hydrogen) atoms. The fourth-order valence-electron chi connectivity index (χ4n) is 2.91. The highest BCUT2D eigenvalue weighted by Gasteiger charge is 2.25. The van der Waals surface area contributed by atoms with Gasteiger partial charge in [-0.05, 0) is 35.4 Å². The number of nitrogens with zero attached hydrogens (tertiary/aromatic N) is 1. The summed E-state index contributed by atoms with van der Waals surface area (Å²) in [5.41, 5.74) is 1.74. The lowest BCUT2D eigenvalue weighted by Crippen LogP contribution is -2.28. The quantitative estimate of drug-likeness (QED) is 0.592. The lowest BCUT2D eigenvalue weighted by atomic mass is 9.98. The molecule has 8 nitrogen and oxygen atoms in total. The van der Waals surface area contributed by atoms with Gasteiger partial charge in [0.1, 0.15) is 0 Å². The number of amides is 1. The van der Waals surface area contributed by atoms with Crippen molar-refractivity contribution < 1.29 is 28.6 Å². The van der Waals surface area contributed by atoms with E-state index in [0.717, 1.165) is 0 Å². The number of esters is 1. The average molecular weight is 394 g/mol. The average Bonchev–Trinajstić information content (AvgIpc) is 3.21. The van der Waals surface area contributed by atoms with Crippen LogP contribution < -0.4 is 14.8 Å². The van der Waals surface area contributed by atoms with Gasteiger partial charge in [-0.1, -0.05) is 19.1 Å². The van der Waals surface area contributed by atoms with Crippen LogP contribution in [0.15, 0.2) is 36.4 Å². The predicted octanol–water partition coefficient (Wildman–Crippen LogP) is 2.93. The number of hydrogen-bond acceptors (Lipinski definition) is 7. The number of nitriles is 1. The van der Waals surface area contributed by atoms with Crippen LogP contribution in [0.25, 0.3) is 11.1 Å². The van der Waals surface area contributed by atoms with E-state index in [2.05, 4.69) is 5.32 Å². The molecule has 0 bridgehead atoms. The molecule has 1 aliphatic heterocycles. The Labute approximate surface area is 167 Å². The number of carbonyl (C=O) groups is 3. The van der Waals surface area contributed by atoms with Crippen LogP contribution in [0.5, 0.6) is 11.5 Å². The molecule has 3 rings (SSSR count). The van der Waals surface area contributed by atoms with Crippen molar-refractivity contribution in [1.29, 1.82) is 5.26 Å². The molecule has 1 heterocycles. The second-order valence-electron chi connectivity index (χ2n) is 6.19. The summed E-state index contributed by atoms with van der Waals surface area (Å²) in [5, 5.41) is 11.6. The van der Waals surface area contributed by atoms with Crippen molar-refractivity contribution in [2.75, 3.05) is 19.2 Å². The van der Waals surface area contributed by atoms with Gasteiger partial charge in [-0.15, -0.1) is 0 Å². The number of fused-ring (bicyclic) bond motifs is 1. The summed E-state index contributed by atoms with van der Waals surface area (Å²) in [5.74, 6) is -2.06. The number of ether oxygens (including phenoxy) is 3. The zero-order chi connectivity index (χ0) is 21.0. The molecule has 0 saturated heterocycles. The fourth-order valence-corrected chi connectivity index (χ4v) is 2.91. The summed E-state index contributed by atoms with van der Waals surface area (Å²) in [4.78, 5) is 36.4. The molecule has 2 aromatic carbocycles. The number of Topliss-reactive ketones (excluding diaryl/α,β-unsaturated/α-hetero) is 1. The molecule has 1 unspecified atom stereocenters. The van der Waals surface area contributed by atoms with E-state index in [1.54, 1.807) is 43.3 Å². The van der Waals surface area contributed by atoms with Gasteiger partial charge in [-0.25, -0.2) is 4.79 Å². The smallest absolute Gasteiger partial charge is 0.338 e. The first-order valence-corrected chi connectivity index (χ1v) is 8.84. The first-order chi connectivity index (χ1) is 14.0. The molecule has 0 fully saturated rings. The van der Waals surface area contributed by atoms with Crippen molar-refractivity contribution in [1.82, 2.24) is 0 Å². The van der Waals surface area contributed by atoms with E-state index < -0.39 is 23.6 Å². The molecule has 1 aliphatic rings. The summed E-state index contributed by atoms with van der Waals surface area (Å²) in [6.45, 7) is 1.71. The molecule has 1 N–H and O–H groups in total. The first kappa shape index (κ1) is 19.9. The van der Waals surface area contributed by atoms with Crippen LogP contribution in [0.3, 0.4) is 0 Å². The van der Waals surface area contributed by atoms with E-state index in [9.17, 15) is 14.4 Å². The Kier molecular flexibility index (Phi) is 5.79. The fraction of sp³-hybridized carbons (Fsp3) is 0.238. The van der Waals surface area contributed by atoms with Crippen molar-refractivity contribution in [3.63, 3.8) is 0 Å². The Morgan fingerprint density at radius 3 is 2.62 bits per heavy atom. The third-order valence-electron chi connectivity index (χ3n) is 4.44. The number of methoxy groups -OCH3 is 1. The minimum atomic E-state index is -1.41. The van der Waals surface area contributed by atoms with E-state index >= 15 is 0 Å². The van der Waals surface area contributed by atoms with Gasteiger partial charge in [-0.2, -0.15) is 5.26 Å². The van der Waals surface area contributed by atoms with E-state index in [1.165, 1.54) is 13.2 Å². The van der Waals surface area contributed by atoms with Crippen molar-refractivity contribution in [2.45, 2.75) is 13.3 Å². The van der Waals surface area contributed by atoms with Crippen LogP contribution in [0.4, 0.5) is 5.69 Å². The monoisotopic (exact) mass is 394 g/mol. The molecule has 2 aromatic rings. The topological polar surface area (TPSA) is 115 Å². The van der Waals surface area contributed by atoms with Crippen LogP contribution in [0, 0.1) is 17.2 Å². The normalized spacial score (nSPS) is 12.6. The summed E-state index contributed by atoms with van der Waals surface area (Å²) < 4.78 is 15.5. The molecule has 8 heteroatoms. The van der Waals surface area contributed by atoms with Gasteiger partial charge in [0.2, 0.25) is 12.7 Å². The third-order valence-corrected chi connectivity index (χ3v) is 4.44. The lowest BCUT2D eigenvalue weighted by molar-refractivity contribution is -0.128. The zero-order valence-corrected chi connectivity index (χ0v) is 15.9. The molecule has 1 amide bonds. The summed E-state index contributed by atoms with van der Waals surface area (Å²) >= 11 is 0. The summed E-state index contributed by atoms with van der Waals surface area (Å²) in [7, 11) is 1.25. The minimum Gasteiger partial charge on any atom is -0.465 e. The summed E-state index contributed by atoms with van der Waals surface area (Å²) in [6, 6.07) is 11.6. The van der Waals surface area contributed by atoms with Crippen LogP contribution in [0.2, 0.25) is 0 Å². The van der Waals surface area contributed by atoms with Gasteiger partial charge in [0.05, 0.1) is 18.7 Å². The first-order valence-electron chi connectivity index (χ1n) is 8.84.